The molecule has 104 valence electrons. The first-order valence-electron chi connectivity index (χ1n) is 6.90. The lowest BCUT2D eigenvalue weighted by Gasteiger charge is -2.26. The minimum Gasteiger partial charge on any atom is -0.481 e. The molecule has 0 aromatic heterocycles. The maximum Gasteiger partial charge on any atom is 0.307 e. The van der Waals surface area contributed by atoms with Crippen LogP contribution in [0.4, 0.5) is 0 Å². The Morgan fingerprint density at radius 1 is 1.16 bits per heavy atom. The molecule has 4 heteroatoms. The number of carbonyl (C=O) groups is 1. The number of benzene rings is 1. The molecular formula is C15H21NO2S. The predicted octanol–water partition coefficient (Wildman–Crippen LogP) is 2.89. The van der Waals surface area contributed by atoms with Crippen LogP contribution in [0.3, 0.4) is 0 Å². The van der Waals surface area contributed by atoms with Gasteiger partial charge in [0.15, 0.2) is 0 Å². The number of piperidine rings is 1. The molecule has 0 saturated carbocycles. The quantitative estimate of drug-likeness (QED) is 0.813. The zero-order valence-electron chi connectivity index (χ0n) is 11.2. The summed E-state index contributed by atoms with van der Waals surface area (Å²) in [5, 5.41) is 8.71. The predicted molar refractivity (Wildman–Crippen MR) is 78.8 cm³/mol. The van der Waals surface area contributed by atoms with Crippen molar-refractivity contribution in [3.63, 3.8) is 0 Å². The second kappa shape index (κ2) is 7.56. The number of aliphatic carboxylic acids is 1. The lowest BCUT2D eigenvalue weighted by Crippen LogP contribution is -2.31. The molecule has 1 aromatic rings. The molecule has 1 N–H and O–H groups in total. The van der Waals surface area contributed by atoms with Gasteiger partial charge < -0.3 is 10.0 Å². The van der Waals surface area contributed by atoms with E-state index in [1.165, 1.54) is 37.2 Å². The van der Waals surface area contributed by atoms with Crippen LogP contribution in [0.2, 0.25) is 0 Å². The van der Waals surface area contributed by atoms with E-state index in [4.69, 9.17) is 5.11 Å². The van der Waals surface area contributed by atoms with Crippen molar-refractivity contribution in [3.05, 3.63) is 29.8 Å². The Morgan fingerprint density at radius 2 is 1.84 bits per heavy atom. The van der Waals surface area contributed by atoms with E-state index in [1.807, 2.05) is 36.0 Å². The summed E-state index contributed by atoms with van der Waals surface area (Å²) >= 11 is 1.85. The van der Waals surface area contributed by atoms with Crippen molar-refractivity contribution in [3.8, 4) is 0 Å². The maximum absolute atomic E-state index is 10.6. The lowest BCUT2D eigenvalue weighted by molar-refractivity contribution is -0.136. The van der Waals surface area contributed by atoms with Gasteiger partial charge in [-0.15, -0.1) is 11.8 Å². The van der Waals surface area contributed by atoms with Crippen LogP contribution in [0, 0.1) is 0 Å². The van der Waals surface area contributed by atoms with Crippen LogP contribution >= 0.6 is 11.8 Å². The molecule has 1 fully saturated rings. The van der Waals surface area contributed by atoms with E-state index < -0.39 is 5.97 Å². The van der Waals surface area contributed by atoms with Crippen molar-refractivity contribution >= 4 is 17.7 Å². The number of nitrogens with zero attached hydrogens (tertiary/aromatic N) is 1. The molecule has 0 bridgehead atoms. The first-order valence-corrected chi connectivity index (χ1v) is 7.88. The van der Waals surface area contributed by atoms with E-state index in [0.717, 1.165) is 17.9 Å². The fourth-order valence-corrected chi connectivity index (χ4v) is 3.27. The highest BCUT2D eigenvalue weighted by Crippen LogP contribution is 2.19. The van der Waals surface area contributed by atoms with E-state index in [2.05, 4.69) is 4.90 Å². The number of hydrogen-bond acceptors (Lipinski definition) is 3. The summed E-state index contributed by atoms with van der Waals surface area (Å²) in [6.45, 7) is 3.65. The SMILES string of the molecule is O=C(O)Cc1ccc(SCCN2CCCCC2)cc1. The van der Waals surface area contributed by atoms with Gasteiger partial charge in [0, 0.05) is 17.2 Å². The molecule has 0 amide bonds. The zero-order valence-corrected chi connectivity index (χ0v) is 12.0. The first kappa shape index (κ1) is 14.4. The van der Waals surface area contributed by atoms with Crippen LogP contribution in [0.15, 0.2) is 29.2 Å². The number of carboxylic acids is 1. The summed E-state index contributed by atoms with van der Waals surface area (Å²) in [6.07, 6.45) is 4.18. The monoisotopic (exact) mass is 279 g/mol. The molecule has 0 unspecified atom stereocenters. The smallest absolute Gasteiger partial charge is 0.307 e. The molecular weight excluding hydrogens is 258 g/mol. The average molecular weight is 279 g/mol. The zero-order chi connectivity index (χ0) is 13.5. The molecule has 1 aliphatic heterocycles. The van der Waals surface area contributed by atoms with Crippen molar-refractivity contribution in [2.75, 3.05) is 25.4 Å². The minimum atomic E-state index is -0.773. The van der Waals surface area contributed by atoms with Crippen LogP contribution in [-0.4, -0.2) is 41.4 Å². The Labute approximate surface area is 119 Å². The van der Waals surface area contributed by atoms with Gasteiger partial charge in [-0.1, -0.05) is 18.6 Å². The fraction of sp³-hybridized carbons (Fsp3) is 0.533. The molecule has 1 heterocycles. The van der Waals surface area contributed by atoms with Gasteiger partial charge in [-0.3, -0.25) is 4.79 Å². The van der Waals surface area contributed by atoms with Gasteiger partial charge in [0.05, 0.1) is 6.42 Å². The second-order valence-electron chi connectivity index (χ2n) is 4.97. The number of hydrogen-bond donors (Lipinski definition) is 1. The van der Waals surface area contributed by atoms with E-state index in [0.29, 0.717) is 0 Å². The summed E-state index contributed by atoms with van der Waals surface area (Å²) in [6, 6.07) is 7.88. The van der Waals surface area contributed by atoms with E-state index in [9.17, 15) is 4.79 Å². The Hall–Kier alpha value is -1.00. The number of carboxylic acid groups (broad SMARTS) is 1. The third kappa shape index (κ3) is 5.25. The molecule has 3 nitrogen and oxygen atoms in total. The Kier molecular flexibility index (Phi) is 5.73. The lowest BCUT2D eigenvalue weighted by atomic mass is 10.1. The normalized spacial score (nSPS) is 16.4. The summed E-state index contributed by atoms with van der Waals surface area (Å²) in [5.74, 6) is 0.337. The number of thioether (sulfide) groups is 1. The number of likely N-dealkylation sites (tertiary alicyclic amines) is 1. The largest absolute Gasteiger partial charge is 0.481 e. The van der Waals surface area contributed by atoms with Crippen molar-refractivity contribution in [1.29, 1.82) is 0 Å². The van der Waals surface area contributed by atoms with Crippen molar-refractivity contribution in [1.82, 2.24) is 4.90 Å². The highest BCUT2D eigenvalue weighted by molar-refractivity contribution is 7.99. The highest BCUT2D eigenvalue weighted by Gasteiger charge is 2.09. The molecule has 0 spiro atoms. The molecule has 19 heavy (non-hydrogen) atoms. The van der Waals surface area contributed by atoms with Crippen LogP contribution in [0.5, 0.6) is 0 Å². The molecule has 0 atom stereocenters. The second-order valence-corrected chi connectivity index (χ2v) is 6.13. The molecule has 0 radical (unpaired) electrons. The summed E-state index contributed by atoms with van der Waals surface area (Å²) in [5.41, 5.74) is 0.868. The third-order valence-corrected chi connectivity index (χ3v) is 4.40. The summed E-state index contributed by atoms with van der Waals surface area (Å²) in [4.78, 5) is 14.4. The maximum atomic E-state index is 10.6. The standard InChI is InChI=1S/C15H21NO2S/c17-15(18)12-13-4-6-14(7-5-13)19-11-10-16-8-2-1-3-9-16/h4-7H,1-3,8-12H2,(H,17,18). The minimum absolute atomic E-state index is 0.110. The van der Waals surface area contributed by atoms with Gasteiger partial charge in [-0.2, -0.15) is 0 Å². The van der Waals surface area contributed by atoms with Gasteiger partial charge in [-0.05, 0) is 43.6 Å². The molecule has 2 rings (SSSR count). The van der Waals surface area contributed by atoms with Crippen LogP contribution < -0.4 is 0 Å². The van der Waals surface area contributed by atoms with Crippen LogP contribution in [0.1, 0.15) is 24.8 Å². The number of rotatable bonds is 6. The van der Waals surface area contributed by atoms with E-state index >= 15 is 0 Å². The van der Waals surface area contributed by atoms with Gasteiger partial charge in [0.25, 0.3) is 0 Å². The van der Waals surface area contributed by atoms with Gasteiger partial charge in [0.2, 0.25) is 0 Å². The Morgan fingerprint density at radius 3 is 2.47 bits per heavy atom. The molecule has 1 aromatic carbocycles. The van der Waals surface area contributed by atoms with Crippen molar-refractivity contribution < 1.29 is 9.90 Å². The Bertz CT molecular complexity index is 399. The molecule has 0 aliphatic carbocycles. The van der Waals surface area contributed by atoms with Crippen molar-refractivity contribution in [2.45, 2.75) is 30.6 Å². The highest BCUT2D eigenvalue weighted by atomic mass is 32.2. The van der Waals surface area contributed by atoms with Gasteiger partial charge in [-0.25, -0.2) is 0 Å². The average Bonchev–Trinajstić information content (AvgIpc) is 2.41. The first-order chi connectivity index (χ1) is 9.24. The summed E-state index contributed by atoms with van der Waals surface area (Å²) in [7, 11) is 0. The van der Waals surface area contributed by atoms with Crippen LogP contribution in [0.25, 0.3) is 0 Å². The topological polar surface area (TPSA) is 40.5 Å². The van der Waals surface area contributed by atoms with E-state index in [-0.39, 0.29) is 6.42 Å². The van der Waals surface area contributed by atoms with Gasteiger partial charge >= 0.3 is 5.97 Å². The van der Waals surface area contributed by atoms with E-state index in [1.54, 1.807) is 0 Å². The van der Waals surface area contributed by atoms with Crippen LogP contribution in [-0.2, 0) is 11.2 Å². The Balaban J connectivity index is 1.71. The summed E-state index contributed by atoms with van der Waals surface area (Å²) < 4.78 is 0. The molecule has 1 saturated heterocycles. The third-order valence-electron chi connectivity index (χ3n) is 3.40. The van der Waals surface area contributed by atoms with Crippen molar-refractivity contribution in [2.24, 2.45) is 0 Å². The van der Waals surface area contributed by atoms with Gasteiger partial charge in [0.1, 0.15) is 0 Å². The molecule has 1 aliphatic rings. The fourth-order valence-electron chi connectivity index (χ4n) is 2.35.